The summed E-state index contributed by atoms with van der Waals surface area (Å²) < 4.78 is 5.73. The van der Waals surface area contributed by atoms with Gasteiger partial charge in [0.2, 0.25) is 4.77 Å². The van der Waals surface area contributed by atoms with Gasteiger partial charge in [-0.25, -0.2) is 0 Å². The molecule has 100 valence electrons. The molecule has 2 N–H and O–H groups in total. The van der Waals surface area contributed by atoms with E-state index in [1.807, 2.05) is 6.92 Å². The van der Waals surface area contributed by atoms with E-state index in [0.29, 0.717) is 4.77 Å². The third-order valence-electron chi connectivity index (χ3n) is 2.92. The average Bonchev–Trinajstić information content (AvgIpc) is 2.40. The second-order valence-electron chi connectivity index (χ2n) is 4.31. The molecule has 0 aliphatic carbocycles. The van der Waals surface area contributed by atoms with E-state index < -0.39 is 0 Å². The molecule has 1 aromatic heterocycles. The van der Waals surface area contributed by atoms with E-state index in [1.165, 1.54) is 0 Å². The minimum Gasteiger partial charge on any atom is -0.379 e. The van der Waals surface area contributed by atoms with Crippen LogP contribution in [0.3, 0.4) is 0 Å². The number of morpholine rings is 1. The van der Waals surface area contributed by atoms with Crippen molar-refractivity contribution in [3.05, 3.63) is 10.5 Å². The molecule has 1 fully saturated rings. The van der Waals surface area contributed by atoms with Gasteiger partial charge in [-0.15, -0.1) is 0 Å². The molecule has 7 heteroatoms. The zero-order valence-corrected chi connectivity index (χ0v) is 11.4. The minimum absolute atomic E-state index is 0.413. The summed E-state index contributed by atoms with van der Waals surface area (Å²) in [5, 5.41) is 10.0. The Balaban J connectivity index is 1.71. The third-order valence-corrected chi connectivity index (χ3v) is 3.11. The number of hydrogen-bond acceptors (Lipinski definition) is 6. The number of rotatable bonds is 5. The molecule has 0 aromatic carbocycles. The summed E-state index contributed by atoms with van der Waals surface area (Å²) in [6.45, 7) is 7.65. The molecule has 0 amide bonds. The van der Waals surface area contributed by atoms with Crippen molar-refractivity contribution in [2.24, 2.45) is 0 Å². The molecule has 2 rings (SSSR count). The topological polar surface area (TPSA) is 66.1 Å². The first-order chi connectivity index (χ1) is 8.75. The van der Waals surface area contributed by atoms with E-state index in [1.54, 1.807) is 0 Å². The zero-order chi connectivity index (χ0) is 12.8. The van der Waals surface area contributed by atoms with Crippen molar-refractivity contribution in [1.82, 2.24) is 20.1 Å². The second-order valence-corrected chi connectivity index (χ2v) is 4.70. The first kappa shape index (κ1) is 13.4. The maximum atomic E-state index is 5.31. The summed E-state index contributed by atoms with van der Waals surface area (Å²) in [5.41, 5.74) is 0.843. The van der Waals surface area contributed by atoms with Crippen LogP contribution in [0.4, 0.5) is 5.82 Å². The van der Waals surface area contributed by atoms with Gasteiger partial charge in [0.05, 0.1) is 18.9 Å². The molecule has 0 saturated carbocycles. The van der Waals surface area contributed by atoms with Crippen LogP contribution in [0.15, 0.2) is 0 Å². The van der Waals surface area contributed by atoms with Crippen LogP contribution in [0.5, 0.6) is 0 Å². The number of nitrogens with one attached hydrogen (secondary N) is 2. The van der Waals surface area contributed by atoms with Crippen LogP contribution in [-0.4, -0.2) is 59.5 Å². The number of aromatic nitrogens is 3. The third kappa shape index (κ3) is 4.01. The van der Waals surface area contributed by atoms with Crippen molar-refractivity contribution >= 4 is 18.0 Å². The van der Waals surface area contributed by atoms with Crippen molar-refractivity contribution in [3.63, 3.8) is 0 Å². The lowest BCUT2D eigenvalue weighted by Crippen LogP contribution is -2.37. The largest absolute Gasteiger partial charge is 0.379 e. The highest BCUT2D eigenvalue weighted by molar-refractivity contribution is 7.71. The van der Waals surface area contributed by atoms with E-state index in [-0.39, 0.29) is 0 Å². The molecule has 0 bridgehead atoms. The molecule has 1 aromatic rings. The Morgan fingerprint density at radius 2 is 2.22 bits per heavy atom. The molecule has 2 heterocycles. The summed E-state index contributed by atoms with van der Waals surface area (Å²) >= 11 is 4.95. The number of H-pyrrole nitrogens is 1. The van der Waals surface area contributed by atoms with Crippen LogP contribution in [0.1, 0.15) is 12.1 Å². The van der Waals surface area contributed by atoms with E-state index in [0.717, 1.165) is 57.3 Å². The standard InChI is InChI=1S/C11H19N5OS/c1-9-10(13-11(18)15-14-9)12-3-2-4-16-5-7-17-8-6-16/h2-8H2,1H3,(H2,12,13,15,18). The maximum absolute atomic E-state index is 5.31. The fourth-order valence-electron chi connectivity index (χ4n) is 1.89. The normalized spacial score (nSPS) is 16.7. The number of ether oxygens (including phenoxy) is 1. The van der Waals surface area contributed by atoms with Crippen molar-refractivity contribution in [2.75, 3.05) is 44.7 Å². The van der Waals surface area contributed by atoms with Crippen LogP contribution in [0.2, 0.25) is 0 Å². The summed E-state index contributed by atoms with van der Waals surface area (Å²) in [6.07, 6.45) is 1.08. The molecular weight excluding hydrogens is 250 g/mol. The van der Waals surface area contributed by atoms with Crippen LogP contribution in [0.25, 0.3) is 0 Å². The van der Waals surface area contributed by atoms with Crippen molar-refractivity contribution < 1.29 is 4.74 Å². The Morgan fingerprint density at radius 1 is 1.44 bits per heavy atom. The quantitative estimate of drug-likeness (QED) is 0.613. The van der Waals surface area contributed by atoms with E-state index in [4.69, 9.17) is 17.0 Å². The Hall–Kier alpha value is -1.05. The highest BCUT2D eigenvalue weighted by Crippen LogP contribution is 2.05. The zero-order valence-electron chi connectivity index (χ0n) is 10.6. The molecule has 6 nitrogen and oxygen atoms in total. The molecule has 1 aliphatic rings. The van der Waals surface area contributed by atoms with Gasteiger partial charge >= 0.3 is 0 Å². The summed E-state index contributed by atoms with van der Waals surface area (Å²) in [6, 6.07) is 0. The van der Waals surface area contributed by atoms with Crippen LogP contribution in [0, 0.1) is 11.7 Å². The lowest BCUT2D eigenvalue weighted by molar-refractivity contribution is 0.0378. The van der Waals surface area contributed by atoms with Gasteiger partial charge in [-0.2, -0.15) is 10.1 Å². The van der Waals surface area contributed by atoms with Gasteiger partial charge in [0.1, 0.15) is 0 Å². The molecule has 1 aliphatic heterocycles. The van der Waals surface area contributed by atoms with E-state index in [2.05, 4.69) is 25.4 Å². The average molecular weight is 269 g/mol. The number of aryl methyl sites for hydroxylation is 1. The number of hydrogen-bond donors (Lipinski definition) is 2. The molecular formula is C11H19N5OS. The first-order valence-corrected chi connectivity index (χ1v) is 6.64. The summed E-state index contributed by atoms with van der Waals surface area (Å²) in [4.78, 5) is 6.63. The monoisotopic (exact) mass is 269 g/mol. The first-order valence-electron chi connectivity index (χ1n) is 6.23. The molecule has 1 saturated heterocycles. The SMILES string of the molecule is Cc1n[nH]c(=S)nc1NCCCN1CCOCC1. The number of nitrogens with zero attached hydrogens (tertiary/aromatic N) is 3. The van der Waals surface area contributed by atoms with Crippen molar-refractivity contribution in [1.29, 1.82) is 0 Å². The summed E-state index contributed by atoms with van der Waals surface area (Å²) in [7, 11) is 0. The lowest BCUT2D eigenvalue weighted by Gasteiger charge is -2.26. The molecule has 0 radical (unpaired) electrons. The van der Waals surface area contributed by atoms with Crippen LogP contribution < -0.4 is 5.32 Å². The predicted molar refractivity (Wildman–Crippen MR) is 72.3 cm³/mol. The molecule has 18 heavy (non-hydrogen) atoms. The second kappa shape index (κ2) is 6.77. The Kier molecular flexibility index (Phi) is 5.03. The van der Waals surface area contributed by atoms with Gasteiger partial charge in [0.25, 0.3) is 0 Å². The number of aromatic amines is 1. The maximum Gasteiger partial charge on any atom is 0.215 e. The smallest absolute Gasteiger partial charge is 0.215 e. The Labute approximate surface area is 112 Å². The summed E-state index contributed by atoms with van der Waals surface area (Å²) in [5.74, 6) is 0.778. The van der Waals surface area contributed by atoms with Gasteiger partial charge in [-0.05, 0) is 32.1 Å². The highest BCUT2D eigenvalue weighted by Gasteiger charge is 2.09. The van der Waals surface area contributed by atoms with Gasteiger partial charge in [-0.3, -0.25) is 10.00 Å². The van der Waals surface area contributed by atoms with Crippen molar-refractivity contribution in [2.45, 2.75) is 13.3 Å². The highest BCUT2D eigenvalue weighted by atomic mass is 32.1. The predicted octanol–water partition coefficient (Wildman–Crippen LogP) is 0.977. The van der Waals surface area contributed by atoms with Crippen LogP contribution in [-0.2, 0) is 4.74 Å². The fourth-order valence-corrected chi connectivity index (χ4v) is 2.03. The van der Waals surface area contributed by atoms with Crippen molar-refractivity contribution in [3.8, 4) is 0 Å². The molecule has 0 atom stereocenters. The van der Waals surface area contributed by atoms with E-state index in [9.17, 15) is 0 Å². The van der Waals surface area contributed by atoms with Gasteiger partial charge < -0.3 is 10.1 Å². The molecule has 0 unspecified atom stereocenters. The number of anilines is 1. The van der Waals surface area contributed by atoms with Gasteiger partial charge in [-0.1, -0.05) is 0 Å². The Morgan fingerprint density at radius 3 is 3.00 bits per heavy atom. The van der Waals surface area contributed by atoms with Gasteiger partial charge in [0.15, 0.2) is 5.82 Å². The minimum atomic E-state index is 0.413. The van der Waals surface area contributed by atoms with Crippen LogP contribution >= 0.6 is 12.2 Å². The molecule has 0 spiro atoms. The fraction of sp³-hybridized carbons (Fsp3) is 0.727. The Bertz CT molecular complexity index is 430. The lowest BCUT2D eigenvalue weighted by atomic mass is 10.3. The van der Waals surface area contributed by atoms with E-state index >= 15 is 0 Å². The van der Waals surface area contributed by atoms with Gasteiger partial charge in [0, 0.05) is 19.6 Å².